The summed E-state index contributed by atoms with van der Waals surface area (Å²) < 4.78 is 5.63. The Kier molecular flexibility index (Phi) is 4.75. The Balaban J connectivity index is 1.30. The van der Waals surface area contributed by atoms with E-state index in [4.69, 9.17) is 4.42 Å². The summed E-state index contributed by atoms with van der Waals surface area (Å²) in [6.07, 6.45) is 6.96. The van der Waals surface area contributed by atoms with Gasteiger partial charge in [-0.25, -0.2) is 15.0 Å². The lowest BCUT2D eigenvalue weighted by Crippen LogP contribution is -2.45. The average molecular weight is 422 g/mol. The molecule has 9 nitrogen and oxygen atoms in total. The molecule has 0 bridgehead atoms. The van der Waals surface area contributed by atoms with Crippen molar-refractivity contribution in [3.05, 3.63) is 35.7 Å². The molecule has 31 heavy (non-hydrogen) atoms. The van der Waals surface area contributed by atoms with Crippen molar-refractivity contribution in [2.24, 2.45) is 0 Å². The van der Waals surface area contributed by atoms with E-state index >= 15 is 0 Å². The highest BCUT2D eigenvalue weighted by atomic mass is 16.3. The molecule has 3 aromatic rings. The number of furan rings is 1. The van der Waals surface area contributed by atoms with Gasteiger partial charge < -0.3 is 20.0 Å². The summed E-state index contributed by atoms with van der Waals surface area (Å²) in [5.41, 5.74) is 1.91. The Bertz CT molecular complexity index is 1130. The number of nitrogens with zero attached hydrogens (tertiary/aromatic N) is 5. The number of hydrogen-bond acceptors (Lipinski definition) is 8. The molecule has 0 atom stereocenters. The van der Waals surface area contributed by atoms with E-state index < -0.39 is 0 Å². The molecular formula is C22H27N7O2. The molecule has 2 aliphatic rings. The monoisotopic (exact) mass is 421 g/mol. The van der Waals surface area contributed by atoms with Crippen LogP contribution in [0, 0.1) is 13.8 Å². The topological polar surface area (TPSA) is 109 Å². The summed E-state index contributed by atoms with van der Waals surface area (Å²) in [6, 6.07) is 2.09. The van der Waals surface area contributed by atoms with E-state index in [0.717, 1.165) is 50.3 Å². The van der Waals surface area contributed by atoms with Gasteiger partial charge in [-0.05, 0) is 46.5 Å². The number of piperidine rings is 1. The van der Waals surface area contributed by atoms with Crippen LogP contribution in [0.3, 0.4) is 0 Å². The number of fused-ring (bicyclic) bond motifs is 1. The number of aryl methyl sites for hydroxylation is 2. The fourth-order valence-electron chi connectivity index (χ4n) is 4.03. The average Bonchev–Trinajstić information content (AvgIpc) is 3.30. The molecule has 1 aliphatic heterocycles. The number of amides is 1. The van der Waals surface area contributed by atoms with Crippen LogP contribution in [0.15, 0.2) is 23.1 Å². The third-order valence-corrected chi connectivity index (χ3v) is 6.15. The van der Waals surface area contributed by atoms with E-state index in [1.807, 2.05) is 19.9 Å². The van der Waals surface area contributed by atoms with Crippen molar-refractivity contribution in [1.82, 2.24) is 25.3 Å². The van der Waals surface area contributed by atoms with E-state index in [9.17, 15) is 4.79 Å². The summed E-state index contributed by atoms with van der Waals surface area (Å²) in [7, 11) is 0. The van der Waals surface area contributed by atoms with Gasteiger partial charge in [0.25, 0.3) is 5.91 Å². The molecule has 9 heteroatoms. The second kappa shape index (κ2) is 7.47. The number of rotatable bonds is 5. The van der Waals surface area contributed by atoms with Crippen molar-refractivity contribution < 1.29 is 9.21 Å². The second-order valence-corrected chi connectivity index (χ2v) is 8.89. The lowest BCUT2D eigenvalue weighted by molar-refractivity contribution is 0.0932. The van der Waals surface area contributed by atoms with Gasteiger partial charge in [-0.3, -0.25) is 4.79 Å². The highest BCUT2D eigenvalue weighted by Crippen LogP contribution is 2.40. The van der Waals surface area contributed by atoms with Crippen LogP contribution in [-0.4, -0.2) is 50.5 Å². The predicted molar refractivity (Wildman–Crippen MR) is 117 cm³/mol. The molecule has 2 N–H and O–H groups in total. The third kappa shape index (κ3) is 4.04. The standard InChI is InChI=1S/C22H27N7O2/c1-13-10-17(24-12-23-13)29-8-4-15(5-9-29)27-20(30)16-11-31-21-18(16)19(25-14(2)26-21)28-22(3)6-7-22/h10-12,15H,4-9H2,1-3H3,(H,27,30)(H,25,26,28). The Labute approximate surface area is 180 Å². The van der Waals surface area contributed by atoms with Gasteiger partial charge in [0.05, 0.1) is 10.9 Å². The summed E-state index contributed by atoms with van der Waals surface area (Å²) >= 11 is 0. The molecule has 1 aliphatic carbocycles. The number of hydrogen-bond donors (Lipinski definition) is 2. The van der Waals surface area contributed by atoms with Crippen LogP contribution in [0.25, 0.3) is 11.1 Å². The molecular weight excluding hydrogens is 394 g/mol. The van der Waals surface area contributed by atoms with Crippen molar-refractivity contribution in [1.29, 1.82) is 0 Å². The van der Waals surface area contributed by atoms with Crippen LogP contribution in [0.1, 0.15) is 54.5 Å². The van der Waals surface area contributed by atoms with Gasteiger partial charge in [0.15, 0.2) is 0 Å². The number of anilines is 2. The van der Waals surface area contributed by atoms with Gasteiger partial charge in [-0.1, -0.05) is 0 Å². The van der Waals surface area contributed by atoms with Crippen molar-refractivity contribution in [2.45, 2.75) is 58.0 Å². The fraction of sp³-hybridized carbons (Fsp3) is 0.500. The molecule has 0 radical (unpaired) electrons. The number of carbonyl (C=O) groups excluding carboxylic acids is 1. The van der Waals surface area contributed by atoms with Crippen molar-refractivity contribution >= 4 is 28.6 Å². The molecule has 2 fully saturated rings. The number of carbonyl (C=O) groups is 1. The zero-order valence-corrected chi connectivity index (χ0v) is 18.1. The first-order valence-electron chi connectivity index (χ1n) is 10.8. The summed E-state index contributed by atoms with van der Waals surface area (Å²) in [5.74, 6) is 2.09. The van der Waals surface area contributed by atoms with Gasteiger partial charge in [0, 0.05) is 36.4 Å². The fourth-order valence-corrected chi connectivity index (χ4v) is 4.03. The maximum absolute atomic E-state index is 13.1. The van der Waals surface area contributed by atoms with Gasteiger partial charge in [0.1, 0.15) is 30.1 Å². The lowest BCUT2D eigenvalue weighted by Gasteiger charge is -2.33. The highest BCUT2D eigenvalue weighted by molar-refractivity contribution is 6.09. The van der Waals surface area contributed by atoms with E-state index in [1.165, 1.54) is 6.26 Å². The van der Waals surface area contributed by atoms with Crippen molar-refractivity contribution in [3.63, 3.8) is 0 Å². The molecule has 4 heterocycles. The summed E-state index contributed by atoms with van der Waals surface area (Å²) in [5, 5.41) is 7.31. The molecule has 1 amide bonds. The maximum Gasteiger partial charge on any atom is 0.255 e. The van der Waals surface area contributed by atoms with Gasteiger partial charge >= 0.3 is 0 Å². The van der Waals surface area contributed by atoms with Gasteiger partial charge in [-0.2, -0.15) is 4.98 Å². The second-order valence-electron chi connectivity index (χ2n) is 8.89. The molecule has 0 aromatic carbocycles. The maximum atomic E-state index is 13.1. The van der Waals surface area contributed by atoms with Crippen LogP contribution in [-0.2, 0) is 0 Å². The summed E-state index contributed by atoms with van der Waals surface area (Å²) in [4.78, 5) is 32.8. The molecule has 1 saturated heterocycles. The molecule has 3 aromatic heterocycles. The van der Waals surface area contributed by atoms with Crippen LogP contribution in [0.4, 0.5) is 11.6 Å². The van der Waals surface area contributed by atoms with Crippen molar-refractivity contribution in [2.75, 3.05) is 23.3 Å². The first-order valence-corrected chi connectivity index (χ1v) is 10.8. The zero-order chi connectivity index (χ0) is 21.6. The number of nitrogens with one attached hydrogen (secondary N) is 2. The largest absolute Gasteiger partial charge is 0.445 e. The molecule has 5 rings (SSSR count). The van der Waals surface area contributed by atoms with Crippen LogP contribution in [0.5, 0.6) is 0 Å². The highest BCUT2D eigenvalue weighted by Gasteiger charge is 2.38. The van der Waals surface area contributed by atoms with Gasteiger partial charge in [-0.15, -0.1) is 0 Å². The Morgan fingerprint density at radius 3 is 2.68 bits per heavy atom. The van der Waals surface area contributed by atoms with Crippen LogP contribution >= 0.6 is 0 Å². The third-order valence-electron chi connectivity index (χ3n) is 6.15. The molecule has 162 valence electrons. The SMILES string of the molecule is Cc1cc(N2CCC(NC(=O)c3coc4nc(C)nc(NC5(C)CC5)c34)CC2)ncn1. The Hall–Kier alpha value is -3.23. The van der Waals surface area contributed by atoms with E-state index in [1.54, 1.807) is 6.33 Å². The molecule has 0 spiro atoms. The molecule has 0 unspecified atom stereocenters. The lowest BCUT2D eigenvalue weighted by atomic mass is 10.0. The first kappa shape index (κ1) is 19.7. The minimum atomic E-state index is -0.147. The minimum absolute atomic E-state index is 0.0327. The van der Waals surface area contributed by atoms with E-state index in [2.05, 4.69) is 42.4 Å². The Morgan fingerprint density at radius 1 is 1.19 bits per heavy atom. The van der Waals surface area contributed by atoms with Crippen molar-refractivity contribution in [3.8, 4) is 0 Å². The van der Waals surface area contributed by atoms with E-state index in [-0.39, 0.29) is 17.5 Å². The van der Waals surface area contributed by atoms with Crippen LogP contribution < -0.4 is 15.5 Å². The quantitative estimate of drug-likeness (QED) is 0.647. The normalized spacial score (nSPS) is 18.2. The first-order chi connectivity index (χ1) is 14.9. The van der Waals surface area contributed by atoms with Gasteiger partial charge in [0.2, 0.25) is 5.71 Å². The molecule has 1 saturated carbocycles. The number of aromatic nitrogens is 4. The zero-order valence-electron chi connectivity index (χ0n) is 18.1. The van der Waals surface area contributed by atoms with Crippen LogP contribution in [0.2, 0.25) is 0 Å². The van der Waals surface area contributed by atoms with E-state index in [0.29, 0.717) is 28.3 Å². The minimum Gasteiger partial charge on any atom is -0.445 e. The smallest absolute Gasteiger partial charge is 0.255 e. The summed E-state index contributed by atoms with van der Waals surface area (Å²) in [6.45, 7) is 7.62. The Morgan fingerprint density at radius 2 is 1.97 bits per heavy atom. The predicted octanol–water partition coefficient (Wildman–Crippen LogP) is 2.99.